The van der Waals surface area contributed by atoms with E-state index >= 15 is 0 Å². The molecule has 1 unspecified atom stereocenters. The number of aromatic nitrogens is 1. The fraction of sp³-hybridized carbons (Fsp3) is 0.333. The van der Waals surface area contributed by atoms with E-state index in [9.17, 15) is 4.79 Å². The van der Waals surface area contributed by atoms with E-state index < -0.39 is 0 Å². The summed E-state index contributed by atoms with van der Waals surface area (Å²) in [7, 11) is 1.69. The van der Waals surface area contributed by atoms with E-state index in [1.54, 1.807) is 7.11 Å². The lowest BCUT2D eigenvalue weighted by Gasteiger charge is -2.18. The van der Waals surface area contributed by atoms with Gasteiger partial charge in [0.1, 0.15) is 10.8 Å². The van der Waals surface area contributed by atoms with Gasteiger partial charge in [0.15, 0.2) is 0 Å². The number of carbonyl (C=O) groups excluding carboxylic acids is 1. The normalized spacial score (nSPS) is 14.3. The molecule has 5 nitrogen and oxygen atoms in total. The first-order valence-corrected chi connectivity index (χ1v) is 11.2. The lowest BCUT2D eigenvalue weighted by molar-refractivity contribution is -0.115. The number of ether oxygens (including phenoxy) is 1. The van der Waals surface area contributed by atoms with Gasteiger partial charge in [0.2, 0.25) is 5.91 Å². The summed E-state index contributed by atoms with van der Waals surface area (Å²) in [6.07, 6.45) is 2.81. The highest BCUT2D eigenvalue weighted by Crippen LogP contribution is 2.41. The van der Waals surface area contributed by atoms with Crippen LogP contribution in [0, 0.1) is 12.8 Å². The van der Waals surface area contributed by atoms with Crippen molar-refractivity contribution < 1.29 is 9.53 Å². The maximum atomic E-state index is 12.3. The minimum atomic E-state index is -0.0400. The molecule has 1 fully saturated rings. The molecule has 30 heavy (non-hydrogen) atoms. The van der Waals surface area contributed by atoms with Gasteiger partial charge in [-0.05, 0) is 55.5 Å². The van der Waals surface area contributed by atoms with Gasteiger partial charge in [0.25, 0.3) is 0 Å². The third-order valence-corrected chi connectivity index (χ3v) is 6.22. The van der Waals surface area contributed by atoms with Crippen molar-refractivity contribution in [3.8, 4) is 5.75 Å². The Hall–Kier alpha value is -2.70. The molecular formula is C24H27N3O2S. The van der Waals surface area contributed by atoms with E-state index in [1.807, 2.05) is 48.7 Å². The minimum absolute atomic E-state index is 0.0400. The molecule has 4 rings (SSSR count). The van der Waals surface area contributed by atoms with Gasteiger partial charge in [-0.3, -0.25) is 4.79 Å². The van der Waals surface area contributed by atoms with Crippen molar-refractivity contribution in [3.05, 3.63) is 75.7 Å². The van der Waals surface area contributed by atoms with E-state index in [4.69, 9.17) is 4.74 Å². The maximum absolute atomic E-state index is 12.3. The molecule has 2 N–H and O–H groups in total. The molecule has 156 valence electrons. The molecule has 0 saturated heterocycles. The van der Waals surface area contributed by atoms with E-state index in [0.29, 0.717) is 24.9 Å². The Balaban J connectivity index is 1.32. The van der Waals surface area contributed by atoms with Crippen LogP contribution in [0.1, 0.15) is 40.7 Å². The maximum Gasteiger partial charge on any atom is 0.231 e. The molecule has 1 saturated carbocycles. The Morgan fingerprint density at radius 2 is 1.90 bits per heavy atom. The third-order valence-electron chi connectivity index (χ3n) is 5.32. The Labute approximate surface area is 181 Å². The Morgan fingerprint density at radius 1 is 1.17 bits per heavy atom. The Morgan fingerprint density at radius 3 is 2.57 bits per heavy atom. The zero-order valence-corrected chi connectivity index (χ0v) is 18.2. The molecule has 1 aliphatic carbocycles. The zero-order chi connectivity index (χ0) is 20.9. The standard InChI is InChI=1S/C24H27N3O2S/c1-16-3-9-19(10-4-16)26-22(28)13-23-27-20(15-30-23)14-25-24(17-5-6-17)18-7-11-21(29-2)12-8-18/h3-4,7-12,15,17,24-25H,5-6,13-14H2,1-2H3,(H,26,28). The zero-order valence-electron chi connectivity index (χ0n) is 17.4. The van der Waals surface area contributed by atoms with E-state index in [2.05, 4.69) is 27.8 Å². The van der Waals surface area contributed by atoms with Crippen LogP contribution in [0.15, 0.2) is 53.9 Å². The van der Waals surface area contributed by atoms with E-state index in [1.165, 1.54) is 35.3 Å². The van der Waals surface area contributed by atoms with Crippen LogP contribution in [-0.4, -0.2) is 18.0 Å². The Bertz CT molecular complexity index is 978. The van der Waals surface area contributed by atoms with E-state index in [0.717, 1.165) is 22.1 Å². The van der Waals surface area contributed by atoms with Gasteiger partial charge in [0.05, 0.1) is 19.2 Å². The fourth-order valence-electron chi connectivity index (χ4n) is 3.50. The lowest BCUT2D eigenvalue weighted by Crippen LogP contribution is -2.23. The number of benzene rings is 2. The molecule has 2 aromatic carbocycles. The lowest BCUT2D eigenvalue weighted by atomic mass is 10.0. The number of nitrogens with one attached hydrogen (secondary N) is 2. The van der Waals surface area contributed by atoms with Crippen molar-refractivity contribution in [1.82, 2.24) is 10.3 Å². The van der Waals surface area contributed by atoms with Gasteiger partial charge in [0, 0.05) is 23.7 Å². The van der Waals surface area contributed by atoms with Crippen LogP contribution < -0.4 is 15.4 Å². The summed E-state index contributed by atoms with van der Waals surface area (Å²) in [5.74, 6) is 1.51. The van der Waals surface area contributed by atoms with Gasteiger partial charge in [-0.25, -0.2) is 4.98 Å². The molecular weight excluding hydrogens is 394 g/mol. The SMILES string of the molecule is COc1ccc(C(NCc2csc(CC(=O)Nc3ccc(C)cc3)n2)C2CC2)cc1. The largest absolute Gasteiger partial charge is 0.497 e. The molecule has 0 radical (unpaired) electrons. The van der Waals surface area contributed by atoms with Crippen molar-refractivity contribution in [2.24, 2.45) is 5.92 Å². The number of thiazole rings is 1. The predicted molar refractivity (Wildman–Crippen MR) is 121 cm³/mol. The molecule has 3 aromatic rings. The van der Waals surface area contributed by atoms with Gasteiger partial charge in [-0.15, -0.1) is 11.3 Å². The highest BCUT2D eigenvalue weighted by molar-refractivity contribution is 7.09. The molecule has 1 aromatic heterocycles. The molecule has 1 atom stereocenters. The van der Waals surface area contributed by atoms with Crippen LogP contribution in [0.2, 0.25) is 0 Å². The number of nitrogens with zero attached hydrogens (tertiary/aromatic N) is 1. The first-order chi connectivity index (χ1) is 14.6. The number of rotatable bonds is 9. The monoisotopic (exact) mass is 421 g/mol. The van der Waals surface area contributed by atoms with Gasteiger partial charge in [-0.2, -0.15) is 0 Å². The van der Waals surface area contributed by atoms with Crippen molar-refractivity contribution in [3.63, 3.8) is 0 Å². The first-order valence-electron chi connectivity index (χ1n) is 10.3. The second-order valence-electron chi connectivity index (χ2n) is 7.79. The number of hydrogen-bond acceptors (Lipinski definition) is 5. The number of hydrogen-bond donors (Lipinski definition) is 2. The van der Waals surface area contributed by atoms with Crippen molar-refractivity contribution in [1.29, 1.82) is 0 Å². The summed E-state index contributed by atoms with van der Waals surface area (Å²) in [6.45, 7) is 2.72. The van der Waals surface area contributed by atoms with Crippen LogP contribution in [0.25, 0.3) is 0 Å². The molecule has 0 spiro atoms. The summed E-state index contributed by atoms with van der Waals surface area (Å²) >= 11 is 1.54. The van der Waals surface area contributed by atoms with Crippen LogP contribution in [-0.2, 0) is 17.8 Å². The highest BCUT2D eigenvalue weighted by atomic mass is 32.1. The topological polar surface area (TPSA) is 63.2 Å². The first kappa shape index (κ1) is 20.6. The van der Waals surface area contributed by atoms with Crippen molar-refractivity contribution >= 4 is 22.9 Å². The molecule has 0 aliphatic heterocycles. The quantitative estimate of drug-likeness (QED) is 0.517. The molecule has 1 amide bonds. The van der Waals surface area contributed by atoms with Crippen LogP contribution in [0.5, 0.6) is 5.75 Å². The van der Waals surface area contributed by atoms with Crippen LogP contribution in [0.4, 0.5) is 5.69 Å². The highest BCUT2D eigenvalue weighted by Gasteiger charge is 2.32. The predicted octanol–water partition coefficient (Wildman–Crippen LogP) is 4.88. The number of aryl methyl sites for hydroxylation is 1. The summed E-state index contributed by atoms with van der Waals surface area (Å²) in [4.78, 5) is 17.0. The van der Waals surface area contributed by atoms with Crippen molar-refractivity contribution in [2.45, 2.75) is 38.8 Å². The summed E-state index contributed by atoms with van der Waals surface area (Å²) in [6, 6.07) is 16.4. The van der Waals surface area contributed by atoms with Crippen molar-refractivity contribution in [2.75, 3.05) is 12.4 Å². The summed E-state index contributed by atoms with van der Waals surface area (Å²) in [5.41, 5.74) is 4.25. The smallest absolute Gasteiger partial charge is 0.231 e. The van der Waals surface area contributed by atoms with Gasteiger partial charge in [-0.1, -0.05) is 29.8 Å². The fourth-order valence-corrected chi connectivity index (χ4v) is 4.30. The minimum Gasteiger partial charge on any atom is -0.497 e. The number of anilines is 1. The second-order valence-corrected chi connectivity index (χ2v) is 8.74. The average molecular weight is 422 g/mol. The average Bonchev–Trinajstić information content (AvgIpc) is 3.50. The number of methoxy groups -OCH3 is 1. The van der Waals surface area contributed by atoms with Crippen LogP contribution >= 0.6 is 11.3 Å². The molecule has 1 heterocycles. The van der Waals surface area contributed by atoms with E-state index in [-0.39, 0.29) is 5.91 Å². The summed E-state index contributed by atoms with van der Waals surface area (Å²) in [5, 5.41) is 9.48. The number of carbonyl (C=O) groups is 1. The Kier molecular flexibility index (Phi) is 6.45. The molecule has 6 heteroatoms. The van der Waals surface area contributed by atoms with Crippen LogP contribution in [0.3, 0.4) is 0 Å². The third kappa shape index (κ3) is 5.46. The van der Waals surface area contributed by atoms with Gasteiger partial charge >= 0.3 is 0 Å². The summed E-state index contributed by atoms with van der Waals surface area (Å²) < 4.78 is 5.27. The number of amides is 1. The second kappa shape index (κ2) is 9.41. The molecule has 1 aliphatic rings. The van der Waals surface area contributed by atoms with Gasteiger partial charge < -0.3 is 15.4 Å². The molecule has 0 bridgehead atoms.